The quantitative estimate of drug-likeness (QED) is 0.232. The highest BCUT2D eigenvalue weighted by Gasteiger charge is 2.15. The fourth-order valence-electron chi connectivity index (χ4n) is 3.90. The highest BCUT2D eigenvalue weighted by Crippen LogP contribution is 2.35. The Morgan fingerprint density at radius 2 is 1.61 bits per heavy atom. The molecule has 5 N–H and O–H groups in total. The van der Waals surface area contributed by atoms with E-state index < -0.39 is 0 Å². The van der Waals surface area contributed by atoms with E-state index in [1.807, 2.05) is 42.5 Å². The average Bonchev–Trinajstić information content (AvgIpc) is 2.77. The number of benzene rings is 3. The highest BCUT2D eigenvalue weighted by molar-refractivity contribution is 6.64. The summed E-state index contributed by atoms with van der Waals surface area (Å²) in [4.78, 5) is 0. The minimum Gasteiger partial charge on any atom is -0.398 e. The largest absolute Gasteiger partial charge is 0.398 e. The Balaban J connectivity index is 2.26. The number of allylic oxidation sites excluding steroid dienone is 1. The van der Waals surface area contributed by atoms with Crippen LogP contribution < -0.4 is 16.9 Å². The molecule has 0 atom stereocenters. The van der Waals surface area contributed by atoms with Gasteiger partial charge in [0.15, 0.2) is 0 Å². The van der Waals surface area contributed by atoms with Gasteiger partial charge < -0.3 is 16.9 Å². The zero-order valence-electron chi connectivity index (χ0n) is 18.0. The van der Waals surface area contributed by atoms with Crippen molar-refractivity contribution in [2.75, 3.05) is 12.3 Å². The molecule has 3 aromatic carbocycles. The third kappa shape index (κ3) is 5.18. The van der Waals surface area contributed by atoms with Gasteiger partial charge in [-0.05, 0) is 71.4 Å². The first-order valence-corrected chi connectivity index (χ1v) is 10.6. The molecule has 0 amide bonds. The average molecular weight is 403 g/mol. The first-order chi connectivity index (χ1) is 15.0. The number of hydrogen-bond acceptors (Lipinski definition) is 3. The van der Waals surface area contributed by atoms with Crippen LogP contribution in [-0.2, 0) is 6.42 Å². The van der Waals surface area contributed by atoms with Crippen LogP contribution >= 0.6 is 0 Å². The van der Waals surface area contributed by atoms with E-state index in [0.717, 1.165) is 52.6 Å². The van der Waals surface area contributed by atoms with E-state index in [-0.39, 0.29) is 5.61 Å². The second-order valence-corrected chi connectivity index (χ2v) is 7.59. The summed E-state index contributed by atoms with van der Waals surface area (Å²) < 4.78 is 0. The first kappa shape index (κ1) is 22.6. The number of anilines is 1. The van der Waals surface area contributed by atoms with Crippen LogP contribution in [0.3, 0.4) is 0 Å². The van der Waals surface area contributed by atoms with E-state index in [1.165, 1.54) is 5.57 Å². The molecule has 3 rings (SSSR count). The second kappa shape index (κ2) is 10.3. The van der Waals surface area contributed by atoms with Crippen LogP contribution in [0.15, 0.2) is 66.7 Å². The van der Waals surface area contributed by atoms with E-state index in [2.05, 4.69) is 31.2 Å². The Kier molecular flexibility index (Phi) is 7.54. The predicted octanol–water partition coefficient (Wildman–Crippen LogP) is 3.82. The third-order valence-corrected chi connectivity index (χ3v) is 5.49. The molecule has 0 fully saturated rings. The number of nitrogens with one attached hydrogen (secondary N) is 1. The summed E-state index contributed by atoms with van der Waals surface area (Å²) in [5.41, 5.74) is 20.0. The molecule has 0 aromatic heterocycles. The van der Waals surface area contributed by atoms with Crippen molar-refractivity contribution in [2.24, 2.45) is 5.73 Å². The Morgan fingerprint density at radius 3 is 2.23 bits per heavy atom. The van der Waals surface area contributed by atoms with Crippen LogP contribution in [0, 0.1) is 5.41 Å². The van der Waals surface area contributed by atoms with E-state index in [9.17, 15) is 0 Å². The van der Waals surface area contributed by atoms with Gasteiger partial charge in [-0.25, -0.2) is 0 Å². The summed E-state index contributed by atoms with van der Waals surface area (Å²) in [6.07, 6.45) is 2.59. The van der Waals surface area contributed by atoms with Crippen LogP contribution in [0.2, 0.25) is 0 Å². The second-order valence-electron chi connectivity index (χ2n) is 7.59. The molecule has 0 aliphatic carbocycles. The minimum absolute atomic E-state index is 0.0481. The minimum atomic E-state index is -0.0481. The molecule has 0 spiro atoms. The zero-order valence-corrected chi connectivity index (χ0v) is 18.0. The van der Waals surface area contributed by atoms with Crippen molar-refractivity contribution in [3.8, 4) is 0 Å². The van der Waals surface area contributed by atoms with Crippen molar-refractivity contribution in [1.82, 2.24) is 0 Å². The van der Waals surface area contributed by atoms with E-state index >= 15 is 0 Å². The van der Waals surface area contributed by atoms with E-state index in [1.54, 1.807) is 0 Å². The van der Waals surface area contributed by atoms with Crippen molar-refractivity contribution in [3.63, 3.8) is 0 Å². The van der Waals surface area contributed by atoms with Crippen molar-refractivity contribution in [1.29, 1.82) is 5.41 Å². The molecule has 0 unspecified atom stereocenters. The molecule has 0 aliphatic heterocycles. The smallest absolute Gasteiger partial charge is 0.141 e. The van der Waals surface area contributed by atoms with Gasteiger partial charge in [-0.1, -0.05) is 72.5 Å². The molecule has 152 valence electrons. The van der Waals surface area contributed by atoms with Gasteiger partial charge >= 0.3 is 0 Å². The maximum absolute atomic E-state index is 7.91. The van der Waals surface area contributed by atoms with Crippen molar-refractivity contribution in [3.05, 3.63) is 94.5 Å². The maximum atomic E-state index is 7.91. The van der Waals surface area contributed by atoms with Gasteiger partial charge in [-0.2, -0.15) is 0 Å². The lowest BCUT2D eigenvalue weighted by atomic mass is 9.81. The van der Waals surface area contributed by atoms with Crippen LogP contribution in [-0.4, -0.2) is 27.8 Å². The molecule has 0 bridgehead atoms. The fraction of sp³-hybridized carbons (Fsp3) is 0.192. The van der Waals surface area contributed by atoms with Gasteiger partial charge in [-0.3, -0.25) is 0 Å². The number of hydrogen-bond donors (Lipinski definition) is 3. The molecule has 0 aliphatic rings. The zero-order chi connectivity index (χ0) is 22.4. The molecule has 5 heteroatoms. The monoisotopic (exact) mass is 403 g/mol. The normalized spacial score (nSPS) is 11.8. The molecule has 0 saturated heterocycles. The summed E-state index contributed by atoms with van der Waals surface area (Å²) in [6, 6.07) is 22.2. The topological polar surface area (TPSA) is 75.9 Å². The summed E-state index contributed by atoms with van der Waals surface area (Å²) in [7, 11) is 12.2. The van der Waals surface area contributed by atoms with Gasteiger partial charge in [0.1, 0.15) is 15.7 Å². The number of nitrogens with two attached hydrogens (primary N) is 2. The van der Waals surface area contributed by atoms with Crippen LogP contribution in [0.1, 0.15) is 47.6 Å². The number of rotatable bonds is 8. The molecule has 3 nitrogen and oxygen atoms in total. The Hall–Kier alpha value is -3.04. The van der Waals surface area contributed by atoms with Crippen LogP contribution in [0.4, 0.5) is 5.69 Å². The van der Waals surface area contributed by atoms with E-state index in [4.69, 9.17) is 32.6 Å². The number of nitrogen functional groups attached to an aromatic ring is 1. The van der Waals surface area contributed by atoms with Crippen molar-refractivity contribution < 1.29 is 0 Å². The highest BCUT2D eigenvalue weighted by atomic mass is 14.6. The number of aryl methyl sites for hydroxylation is 1. The Labute approximate surface area is 187 Å². The van der Waals surface area contributed by atoms with Gasteiger partial charge in [0.05, 0.1) is 0 Å². The molecule has 31 heavy (non-hydrogen) atoms. The SMILES string of the molecule is [B]C(=N)c1cc(/C(=C(\CC)c2ccccc2)c2ccc(CCCN)c([B])c2)ccc1N. The van der Waals surface area contributed by atoms with E-state index in [0.29, 0.717) is 17.8 Å². The molecule has 4 radical (unpaired) electrons. The van der Waals surface area contributed by atoms with Gasteiger partial charge in [0.2, 0.25) is 0 Å². The Bertz CT molecular complexity index is 1100. The summed E-state index contributed by atoms with van der Waals surface area (Å²) >= 11 is 0. The van der Waals surface area contributed by atoms with Crippen molar-refractivity contribution >= 4 is 43.6 Å². The lowest BCUT2D eigenvalue weighted by molar-refractivity contribution is 0.836. The lowest BCUT2D eigenvalue weighted by Gasteiger charge is -2.19. The summed E-state index contributed by atoms with van der Waals surface area (Å²) in [5.74, 6) is 0. The van der Waals surface area contributed by atoms with Gasteiger partial charge in [0, 0.05) is 11.3 Å². The molecular weight excluding hydrogens is 376 g/mol. The fourth-order valence-corrected chi connectivity index (χ4v) is 3.90. The van der Waals surface area contributed by atoms with Gasteiger partial charge in [-0.15, -0.1) is 0 Å². The Morgan fingerprint density at radius 1 is 0.935 bits per heavy atom. The molecule has 3 aromatic rings. The van der Waals surface area contributed by atoms with Crippen LogP contribution in [0.5, 0.6) is 0 Å². The standard InChI is InChI=1S/C26H27B2N3/c1-2-21(17-7-4-3-5-8-17)25(19-12-13-24(30)22(15-19)26(28)31)20-11-10-18(9-6-14-29)23(27)16-20/h3-5,7-8,10-13,15-16,31H,2,6,9,14,29-30H2,1H3/b25-21-,31-26?. The maximum Gasteiger partial charge on any atom is 0.141 e. The molecule has 0 heterocycles. The van der Waals surface area contributed by atoms with Gasteiger partial charge in [0.25, 0.3) is 0 Å². The third-order valence-electron chi connectivity index (χ3n) is 5.49. The molecular formula is C26H27B2N3. The summed E-state index contributed by atoms with van der Waals surface area (Å²) in [5, 5.41) is 7.91. The lowest BCUT2D eigenvalue weighted by Crippen LogP contribution is -2.13. The first-order valence-electron chi connectivity index (χ1n) is 10.6. The molecule has 0 saturated carbocycles. The van der Waals surface area contributed by atoms with Crippen molar-refractivity contribution in [2.45, 2.75) is 26.2 Å². The van der Waals surface area contributed by atoms with Crippen LogP contribution in [0.25, 0.3) is 11.1 Å². The summed E-state index contributed by atoms with van der Waals surface area (Å²) in [6.45, 7) is 2.78. The predicted molar refractivity (Wildman–Crippen MR) is 135 cm³/mol.